The van der Waals surface area contributed by atoms with Crippen LogP contribution in [0.25, 0.3) is 21.3 Å². The molecule has 0 saturated heterocycles. The van der Waals surface area contributed by atoms with Gasteiger partial charge >= 0.3 is 11.9 Å². The van der Waals surface area contributed by atoms with Crippen molar-refractivity contribution in [2.24, 2.45) is 5.73 Å². The molecule has 4 heterocycles. The molecule has 0 aliphatic heterocycles. The van der Waals surface area contributed by atoms with Crippen molar-refractivity contribution in [2.75, 3.05) is 5.32 Å². The van der Waals surface area contributed by atoms with Gasteiger partial charge in [0.1, 0.15) is 15.4 Å². The van der Waals surface area contributed by atoms with E-state index in [-0.39, 0.29) is 50.2 Å². The molecule has 0 unspecified atom stereocenters. The number of aryl methyl sites for hydroxylation is 1. The lowest BCUT2D eigenvalue weighted by Gasteiger charge is -2.12. The Balaban J connectivity index is 1.52. The minimum absolute atomic E-state index is 0.00945. The number of nitrogens with one attached hydrogen (secondary N) is 1. The van der Waals surface area contributed by atoms with Crippen LogP contribution in [0.4, 0.5) is 24.5 Å². The zero-order chi connectivity index (χ0) is 31.1. The zero-order valence-electron chi connectivity index (χ0n) is 22.4. The number of nitro groups is 1. The van der Waals surface area contributed by atoms with Gasteiger partial charge in [-0.2, -0.15) is 23.4 Å². The van der Waals surface area contributed by atoms with E-state index in [0.717, 1.165) is 6.07 Å². The van der Waals surface area contributed by atoms with E-state index in [2.05, 4.69) is 20.5 Å². The number of amides is 2. The third-order valence-corrected chi connectivity index (χ3v) is 7.49. The molecule has 0 atom stereocenters. The van der Waals surface area contributed by atoms with Gasteiger partial charge < -0.3 is 15.8 Å². The molecular formula is C26H21F3N8O5S. The molecule has 0 aliphatic rings. The van der Waals surface area contributed by atoms with Gasteiger partial charge in [-0.15, -0.1) is 11.3 Å². The molecule has 222 valence electrons. The first-order chi connectivity index (χ1) is 20.4. The lowest BCUT2D eigenvalue weighted by molar-refractivity contribution is -0.386. The number of hydrogen-bond acceptors (Lipinski definition) is 9. The van der Waals surface area contributed by atoms with Crippen molar-refractivity contribution in [3.63, 3.8) is 0 Å². The smallest absolute Gasteiger partial charge is 0.433 e. The zero-order valence-corrected chi connectivity index (χ0v) is 23.2. The summed E-state index contributed by atoms with van der Waals surface area (Å²) in [6.45, 7) is 3.68. The maximum atomic E-state index is 13.8. The number of aromatic nitrogens is 5. The lowest BCUT2D eigenvalue weighted by Crippen LogP contribution is -2.18. The molecule has 5 rings (SSSR count). The van der Waals surface area contributed by atoms with Crippen molar-refractivity contribution in [3.05, 3.63) is 80.9 Å². The number of para-hydroxylation sites is 2. The number of ether oxygens (including phenoxy) is 1. The number of primary amides is 1. The van der Waals surface area contributed by atoms with E-state index in [4.69, 9.17) is 10.5 Å². The molecule has 0 saturated carbocycles. The molecule has 4 aromatic heterocycles. The highest BCUT2D eigenvalue weighted by Gasteiger charge is 2.35. The second-order valence-electron chi connectivity index (χ2n) is 9.06. The third-order valence-electron chi connectivity index (χ3n) is 6.40. The molecular weight excluding hydrogens is 593 g/mol. The summed E-state index contributed by atoms with van der Waals surface area (Å²) in [5, 5.41) is 22.2. The minimum atomic E-state index is -4.80. The van der Waals surface area contributed by atoms with Gasteiger partial charge in [0.25, 0.3) is 11.8 Å². The fraction of sp³-hybridized carbons (Fsp3) is 0.192. The van der Waals surface area contributed by atoms with Crippen molar-refractivity contribution >= 4 is 44.7 Å². The number of halogens is 3. The molecule has 0 bridgehead atoms. The highest BCUT2D eigenvalue weighted by molar-refractivity contribution is 7.21. The molecule has 0 radical (unpaired) electrons. The van der Waals surface area contributed by atoms with Crippen LogP contribution in [0.3, 0.4) is 0 Å². The Morgan fingerprint density at radius 1 is 1.21 bits per heavy atom. The first kappa shape index (κ1) is 29.2. The number of rotatable bonds is 9. The van der Waals surface area contributed by atoms with Gasteiger partial charge in [-0.1, -0.05) is 12.1 Å². The second-order valence-corrected chi connectivity index (χ2v) is 10.1. The van der Waals surface area contributed by atoms with Crippen molar-refractivity contribution in [1.82, 2.24) is 24.5 Å². The summed E-state index contributed by atoms with van der Waals surface area (Å²) in [5.41, 5.74) is 4.82. The fourth-order valence-electron chi connectivity index (χ4n) is 4.38. The number of fused-ring (bicyclic) bond motifs is 1. The maximum Gasteiger partial charge on any atom is 0.433 e. The summed E-state index contributed by atoms with van der Waals surface area (Å²) in [6, 6.07) is 7.89. The predicted molar refractivity (Wildman–Crippen MR) is 149 cm³/mol. The third kappa shape index (κ3) is 5.61. The van der Waals surface area contributed by atoms with E-state index in [0.29, 0.717) is 29.1 Å². The Kier molecular flexibility index (Phi) is 7.58. The summed E-state index contributed by atoms with van der Waals surface area (Å²) in [6.07, 6.45) is -2.01. The van der Waals surface area contributed by atoms with Gasteiger partial charge in [0.05, 0.1) is 16.8 Å². The van der Waals surface area contributed by atoms with Gasteiger partial charge in [0.2, 0.25) is 0 Å². The number of pyridine rings is 1. The van der Waals surface area contributed by atoms with Crippen LogP contribution in [0.15, 0.2) is 48.8 Å². The number of thiophene rings is 1. The van der Waals surface area contributed by atoms with Gasteiger partial charge in [0.15, 0.2) is 18.2 Å². The summed E-state index contributed by atoms with van der Waals surface area (Å²) in [4.78, 5) is 39.6. The van der Waals surface area contributed by atoms with E-state index in [1.807, 2.05) is 6.92 Å². The van der Waals surface area contributed by atoms with Gasteiger partial charge in [-0.3, -0.25) is 24.4 Å². The first-order valence-electron chi connectivity index (χ1n) is 12.5. The molecule has 17 heteroatoms. The molecule has 2 amide bonds. The monoisotopic (exact) mass is 614 g/mol. The number of nitrogens with two attached hydrogens (primary N) is 1. The number of nitro benzene ring substituents is 1. The van der Waals surface area contributed by atoms with Crippen LogP contribution >= 0.6 is 11.3 Å². The Morgan fingerprint density at radius 2 is 1.95 bits per heavy atom. The van der Waals surface area contributed by atoms with Crippen molar-refractivity contribution < 1.29 is 32.4 Å². The number of nitrogens with zero attached hydrogens (tertiary/aromatic N) is 6. The lowest BCUT2D eigenvalue weighted by atomic mass is 10.0. The summed E-state index contributed by atoms with van der Waals surface area (Å²) in [5.74, 6) is -1.80. The van der Waals surface area contributed by atoms with Crippen molar-refractivity contribution in [2.45, 2.75) is 33.3 Å². The number of anilines is 1. The second kappa shape index (κ2) is 11.2. The molecule has 3 N–H and O–H groups in total. The molecule has 0 aliphatic carbocycles. The molecule has 5 aromatic rings. The van der Waals surface area contributed by atoms with Crippen molar-refractivity contribution in [1.29, 1.82) is 0 Å². The van der Waals surface area contributed by atoms with Crippen LogP contribution in [-0.4, -0.2) is 41.3 Å². The summed E-state index contributed by atoms with van der Waals surface area (Å²) in [7, 11) is 0. The summed E-state index contributed by atoms with van der Waals surface area (Å²) < 4.78 is 49.7. The maximum absolute atomic E-state index is 13.8. The minimum Gasteiger partial charge on any atom is -0.464 e. The Hall–Kier alpha value is -5.32. The van der Waals surface area contributed by atoms with Crippen LogP contribution in [0.2, 0.25) is 0 Å². The highest BCUT2D eigenvalue weighted by Crippen LogP contribution is 2.44. The van der Waals surface area contributed by atoms with E-state index >= 15 is 0 Å². The number of carbonyl (C=O) groups is 2. The Morgan fingerprint density at radius 3 is 2.60 bits per heavy atom. The number of benzene rings is 1. The SMILES string of the molecule is CCn1ncc(-c2cc(C(F)(F)F)nc3sc(C(N)=O)c(NC(=O)c4ccn(COc5ccccc5[N+](=O)[O-])n4)c23)c1C. The van der Waals surface area contributed by atoms with Gasteiger partial charge in [0, 0.05) is 35.5 Å². The van der Waals surface area contributed by atoms with E-state index < -0.39 is 28.6 Å². The molecule has 0 spiro atoms. The number of alkyl halides is 3. The molecule has 43 heavy (non-hydrogen) atoms. The Bertz CT molecular complexity index is 1900. The molecule has 0 fully saturated rings. The topological polar surface area (TPSA) is 173 Å². The molecule has 1 aromatic carbocycles. The van der Waals surface area contributed by atoms with Gasteiger partial charge in [-0.05, 0) is 37.6 Å². The van der Waals surface area contributed by atoms with Crippen LogP contribution in [0.5, 0.6) is 5.75 Å². The van der Waals surface area contributed by atoms with E-state index in [1.165, 1.54) is 41.3 Å². The Labute approximate surface area is 243 Å². The average Bonchev–Trinajstić information content (AvgIpc) is 3.68. The number of carbonyl (C=O) groups excluding carboxylic acids is 2. The fourth-order valence-corrected chi connectivity index (χ4v) is 5.38. The van der Waals surface area contributed by atoms with Crippen LogP contribution in [0, 0.1) is 17.0 Å². The molecule has 13 nitrogen and oxygen atoms in total. The highest BCUT2D eigenvalue weighted by atomic mass is 32.1. The number of hydrogen-bond donors (Lipinski definition) is 2. The van der Waals surface area contributed by atoms with E-state index in [9.17, 15) is 32.9 Å². The summed E-state index contributed by atoms with van der Waals surface area (Å²) >= 11 is 0.613. The average molecular weight is 615 g/mol. The quantitative estimate of drug-likeness (QED) is 0.172. The van der Waals surface area contributed by atoms with Crippen LogP contribution in [0.1, 0.15) is 38.5 Å². The van der Waals surface area contributed by atoms with Gasteiger partial charge in [-0.25, -0.2) is 9.67 Å². The standard InChI is InChI=1S/C26H21F3N8O5S/c1-3-36-13(2)15(11-31-36)14-10-19(26(27,28)29)32-25-20(14)21(22(43-25)23(30)38)33-24(39)16-8-9-35(34-16)12-42-18-7-5-4-6-17(18)37(40)41/h4-11H,3,12H2,1-2H3,(H2,30,38)(H,33,39). The normalized spacial score (nSPS) is 11.6. The first-order valence-corrected chi connectivity index (χ1v) is 13.3. The van der Waals surface area contributed by atoms with Crippen LogP contribution < -0.4 is 15.8 Å². The van der Waals surface area contributed by atoms with E-state index in [1.54, 1.807) is 17.7 Å². The largest absolute Gasteiger partial charge is 0.464 e. The van der Waals surface area contributed by atoms with Crippen molar-refractivity contribution in [3.8, 4) is 16.9 Å². The van der Waals surface area contributed by atoms with Crippen LogP contribution in [-0.2, 0) is 19.5 Å². The predicted octanol–water partition coefficient (Wildman–Crippen LogP) is 5.00.